The van der Waals surface area contributed by atoms with E-state index in [0.29, 0.717) is 11.6 Å². The first-order valence-electron chi connectivity index (χ1n) is 8.40. The van der Waals surface area contributed by atoms with Gasteiger partial charge in [0, 0.05) is 23.9 Å². The molecule has 124 valence electrons. The highest BCUT2D eigenvalue weighted by molar-refractivity contribution is 6.62. The third-order valence-corrected chi connectivity index (χ3v) is 5.24. The fourth-order valence-electron chi connectivity index (χ4n) is 3.03. The summed E-state index contributed by atoms with van der Waals surface area (Å²) < 4.78 is 12.0. The molecular weight excluding hydrogens is 291 g/mol. The molecule has 1 aliphatic heterocycles. The Morgan fingerprint density at radius 2 is 1.78 bits per heavy atom. The number of nitrogens with zero attached hydrogens (tertiary/aromatic N) is 1. The third kappa shape index (κ3) is 3.28. The molecule has 6 heteroatoms. The van der Waals surface area contributed by atoms with E-state index in [4.69, 9.17) is 9.31 Å². The first-order chi connectivity index (χ1) is 10.8. The molecule has 0 atom stereocenters. The largest absolute Gasteiger partial charge is 0.496 e. The fourth-order valence-corrected chi connectivity index (χ4v) is 3.03. The zero-order valence-electron chi connectivity index (χ0n) is 14.4. The highest BCUT2D eigenvalue weighted by Gasteiger charge is 2.51. The topological polar surface area (TPSA) is 60.5 Å². The minimum absolute atomic E-state index is 0.0669. The number of pyridine rings is 1. The Bertz CT molecular complexity index is 581. The Kier molecular flexibility index (Phi) is 4.23. The number of nitrogens with one attached hydrogen (secondary N) is 1. The van der Waals surface area contributed by atoms with E-state index in [1.54, 1.807) is 12.4 Å². The molecule has 3 rings (SSSR count). The highest BCUT2D eigenvalue weighted by atomic mass is 16.7. The summed E-state index contributed by atoms with van der Waals surface area (Å²) in [6.07, 6.45) is 7.81. The Morgan fingerprint density at radius 3 is 2.39 bits per heavy atom. The van der Waals surface area contributed by atoms with Crippen molar-refractivity contribution in [3.63, 3.8) is 0 Å². The monoisotopic (exact) mass is 316 g/mol. The molecule has 1 saturated heterocycles. The van der Waals surface area contributed by atoms with Crippen LogP contribution in [0.4, 0.5) is 0 Å². The number of hydrogen-bond acceptors (Lipinski definition) is 4. The van der Waals surface area contributed by atoms with Crippen LogP contribution in [0.15, 0.2) is 18.5 Å². The molecule has 1 saturated carbocycles. The van der Waals surface area contributed by atoms with Crippen molar-refractivity contribution in [1.29, 1.82) is 0 Å². The summed E-state index contributed by atoms with van der Waals surface area (Å²) in [5.74, 6) is -0.0669. The van der Waals surface area contributed by atoms with Gasteiger partial charge in [-0.3, -0.25) is 9.78 Å². The van der Waals surface area contributed by atoms with Gasteiger partial charge in [-0.05, 0) is 46.6 Å². The summed E-state index contributed by atoms with van der Waals surface area (Å²) in [7, 11) is -0.494. The van der Waals surface area contributed by atoms with Crippen LogP contribution in [-0.4, -0.2) is 35.3 Å². The molecule has 0 bridgehead atoms. The van der Waals surface area contributed by atoms with Gasteiger partial charge >= 0.3 is 7.12 Å². The minimum Gasteiger partial charge on any atom is -0.399 e. The molecule has 23 heavy (non-hydrogen) atoms. The van der Waals surface area contributed by atoms with Crippen molar-refractivity contribution in [3.05, 3.63) is 24.0 Å². The number of amides is 1. The van der Waals surface area contributed by atoms with E-state index in [2.05, 4.69) is 10.3 Å². The zero-order chi connectivity index (χ0) is 16.7. The molecule has 5 nitrogen and oxygen atoms in total. The van der Waals surface area contributed by atoms with E-state index in [0.717, 1.165) is 18.3 Å². The molecule has 1 amide bonds. The molecule has 1 aliphatic carbocycles. The summed E-state index contributed by atoms with van der Waals surface area (Å²) in [6.45, 7) is 8.04. The van der Waals surface area contributed by atoms with Crippen molar-refractivity contribution in [2.75, 3.05) is 0 Å². The Morgan fingerprint density at radius 1 is 1.17 bits per heavy atom. The quantitative estimate of drug-likeness (QED) is 0.867. The second-order valence-corrected chi connectivity index (χ2v) is 7.55. The smallest absolute Gasteiger partial charge is 0.399 e. The molecule has 0 unspecified atom stereocenters. The number of carbonyl (C=O) groups is 1. The van der Waals surface area contributed by atoms with Crippen LogP contribution in [0.1, 0.15) is 63.7 Å². The summed E-state index contributed by atoms with van der Waals surface area (Å²) >= 11 is 0. The predicted octanol–water partition coefficient (Wildman–Crippen LogP) is 2.05. The Hall–Kier alpha value is -1.40. The van der Waals surface area contributed by atoms with Gasteiger partial charge in [-0.15, -0.1) is 0 Å². The minimum atomic E-state index is -0.494. The first kappa shape index (κ1) is 16.5. The zero-order valence-corrected chi connectivity index (χ0v) is 14.4. The standard InChI is InChI=1S/C17H25BN2O3/c1-16(2)17(3,4)23-18(22-16)13-9-12(10-19-11-13)15(21)20-14-7-5-6-8-14/h9-11,14H,5-8H2,1-4H3,(H,20,21). The van der Waals surface area contributed by atoms with Gasteiger partial charge in [-0.2, -0.15) is 0 Å². The normalized spacial score (nSPS) is 23.2. The number of hydrogen-bond donors (Lipinski definition) is 1. The van der Waals surface area contributed by atoms with Gasteiger partial charge in [-0.25, -0.2) is 0 Å². The van der Waals surface area contributed by atoms with Gasteiger partial charge in [-0.1, -0.05) is 12.8 Å². The van der Waals surface area contributed by atoms with Crippen molar-refractivity contribution < 1.29 is 14.1 Å². The van der Waals surface area contributed by atoms with Gasteiger partial charge in [0.1, 0.15) is 0 Å². The van der Waals surface area contributed by atoms with Crippen LogP contribution in [0.3, 0.4) is 0 Å². The summed E-state index contributed by atoms with van der Waals surface area (Å²) in [6, 6.07) is 2.11. The summed E-state index contributed by atoms with van der Waals surface area (Å²) in [5.41, 5.74) is 0.534. The van der Waals surface area contributed by atoms with Crippen LogP contribution in [0.5, 0.6) is 0 Å². The summed E-state index contributed by atoms with van der Waals surface area (Å²) in [5, 5.41) is 3.08. The predicted molar refractivity (Wildman–Crippen MR) is 89.7 cm³/mol. The van der Waals surface area contributed by atoms with Gasteiger partial charge in [0.2, 0.25) is 0 Å². The molecule has 2 aliphatic rings. The molecule has 1 N–H and O–H groups in total. The van der Waals surface area contributed by atoms with E-state index < -0.39 is 18.3 Å². The van der Waals surface area contributed by atoms with Crippen molar-refractivity contribution in [2.45, 2.75) is 70.6 Å². The second kappa shape index (κ2) is 5.91. The van der Waals surface area contributed by atoms with Crippen molar-refractivity contribution in [2.24, 2.45) is 0 Å². The maximum Gasteiger partial charge on any atom is 0.496 e. The molecule has 2 fully saturated rings. The molecule has 0 radical (unpaired) electrons. The molecule has 0 aromatic carbocycles. The molecule has 1 aromatic heterocycles. The third-order valence-electron chi connectivity index (χ3n) is 5.24. The van der Waals surface area contributed by atoms with Gasteiger partial charge in [0.25, 0.3) is 5.91 Å². The van der Waals surface area contributed by atoms with E-state index in [9.17, 15) is 4.79 Å². The van der Waals surface area contributed by atoms with Crippen molar-refractivity contribution >= 4 is 18.5 Å². The van der Waals surface area contributed by atoms with Crippen molar-refractivity contribution in [3.8, 4) is 0 Å². The van der Waals surface area contributed by atoms with Crippen LogP contribution in [-0.2, 0) is 9.31 Å². The van der Waals surface area contributed by atoms with E-state index in [1.807, 2.05) is 33.8 Å². The maximum atomic E-state index is 12.4. The van der Waals surface area contributed by atoms with Crippen LogP contribution in [0.2, 0.25) is 0 Å². The molecule has 0 spiro atoms. The summed E-state index contributed by atoms with van der Waals surface area (Å²) in [4.78, 5) is 16.6. The fraction of sp³-hybridized carbons (Fsp3) is 0.647. The van der Waals surface area contributed by atoms with Crippen LogP contribution < -0.4 is 10.8 Å². The maximum absolute atomic E-state index is 12.4. The lowest BCUT2D eigenvalue weighted by molar-refractivity contribution is 0.00578. The van der Waals surface area contributed by atoms with Crippen molar-refractivity contribution in [1.82, 2.24) is 10.3 Å². The highest BCUT2D eigenvalue weighted by Crippen LogP contribution is 2.36. The number of aromatic nitrogens is 1. The number of rotatable bonds is 3. The van der Waals surface area contributed by atoms with Gasteiger partial charge in [0.05, 0.1) is 16.8 Å². The molecular formula is C17H25BN2O3. The Labute approximate surface area is 138 Å². The van der Waals surface area contributed by atoms with E-state index >= 15 is 0 Å². The van der Waals surface area contributed by atoms with E-state index in [-0.39, 0.29) is 5.91 Å². The van der Waals surface area contributed by atoms with E-state index in [1.165, 1.54) is 12.8 Å². The Balaban J connectivity index is 1.74. The lowest BCUT2D eigenvalue weighted by Crippen LogP contribution is -2.41. The lowest BCUT2D eigenvalue weighted by atomic mass is 9.79. The number of carbonyl (C=O) groups excluding carboxylic acids is 1. The average molecular weight is 316 g/mol. The SMILES string of the molecule is CC1(C)OB(c2cncc(C(=O)NC3CCCC3)c2)OC1(C)C. The average Bonchev–Trinajstić information content (AvgIpc) is 3.05. The molecule has 2 heterocycles. The first-order valence-corrected chi connectivity index (χ1v) is 8.40. The second-order valence-electron chi connectivity index (χ2n) is 7.55. The molecule has 1 aromatic rings. The van der Waals surface area contributed by atoms with Crippen LogP contribution >= 0.6 is 0 Å². The van der Waals surface area contributed by atoms with Crippen LogP contribution in [0.25, 0.3) is 0 Å². The van der Waals surface area contributed by atoms with Gasteiger partial charge < -0.3 is 14.6 Å². The lowest BCUT2D eigenvalue weighted by Gasteiger charge is -2.32. The van der Waals surface area contributed by atoms with Crippen LogP contribution in [0, 0.1) is 0 Å². The van der Waals surface area contributed by atoms with Gasteiger partial charge in [0.15, 0.2) is 0 Å².